The molecule has 1 aliphatic heterocycles. The molecule has 16 heteroatoms. The largest absolute Gasteiger partial charge is 0.465 e. The van der Waals surface area contributed by atoms with Crippen LogP contribution in [0.1, 0.15) is 50.3 Å². The second-order valence-electron chi connectivity index (χ2n) is 11.7. The van der Waals surface area contributed by atoms with Crippen molar-refractivity contribution in [3.05, 3.63) is 47.7 Å². The fraction of sp³-hybridized carbons (Fsp3) is 0.593. The Kier molecular flexibility index (Phi) is 7.64. The average Bonchev–Trinajstić information content (AvgIpc) is 3.67. The van der Waals surface area contributed by atoms with Crippen LogP contribution in [0.3, 0.4) is 0 Å². The number of ether oxygens (including phenoxy) is 2. The van der Waals surface area contributed by atoms with E-state index in [4.69, 9.17) is 9.47 Å². The highest BCUT2D eigenvalue weighted by Gasteiger charge is 2.52. The van der Waals surface area contributed by atoms with Crippen molar-refractivity contribution in [3.8, 4) is 11.3 Å². The lowest BCUT2D eigenvalue weighted by atomic mass is 9.56. The lowest BCUT2D eigenvalue weighted by Crippen LogP contribution is -2.57. The minimum Gasteiger partial charge on any atom is -0.465 e. The van der Waals surface area contributed by atoms with Gasteiger partial charge in [0.05, 0.1) is 25.0 Å². The molecule has 13 nitrogen and oxygen atoms in total. The standard InChI is InChI=1S/C27H32F3N7O6/c1-42-24-17(11-36-12-19(33-34-36)26-4-7-27(8-5-26,9-6-26)31-25(40)41)43-18(13-38)23(39)22(24)37-10-16(32-35-37)14-2-3-15(28)21(30)20(14)29/h2-3,10,12,17-18,22-24,31,38-39H,4-9,11,13H2,1H3,(H,40,41)/t17-,18-,22+,23+,24+,26?,27?/m1/s1. The Morgan fingerprint density at radius 1 is 1.07 bits per heavy atom. The molecule has 0 spiro atoms. The molecule has 4 aliphatic rings. The Morgan fingerprint density at radius 2 is 1.79 bits per heavy atom. The number of carbonyl (C=O) groups is 1. The zero-order chi connectivity index (χ0) is 30.5. The van der Waals surface area contributed by atoms with Gasteiger partial charge in [-0.15, -0.1) is 10.2 Å². The Hall–Kier alpha value is -3.60. The van der Waals surface area contributed by atoms with Gasteiger partial charge in [0, 0.05) is 29.8 Å². The number of methoxy groups -OCH3 is 1. The first-order valence-electron chi connectivity index (χ1n) is 14.0. The average molecular weight is 608 g/mol. The van der Waals surface area contributed by atoms with Gasteiger partial charge in [0.15, 0.2) is 17.5 Å². The summed E-state index contributed by atoms with van der Waals surface area (Å²) < 4.78 is 56.4. The predicted molar refractivity (Wildman–Crippen MR) is 140 cm³/mol. The van der Waals surface area contributed by atoms with Gasteiger partial charge in [-0.2, -0.15) is 0 Å². The third-order valence-electron chi connectivity index (χ3n) is 9.43. The van der Waals surface area contributed by atoms with E-state index in [-0.39, 0.29) is 23.2 Å². The van der Waals surface area contributed by atoms with Crippen LogP contribution in [-0.2, 0) is 21.4 Å². The van der Waals surface area contributed by atoms with Crippen LogP contribution in [0.4, 0.5) is 18.0 Å². The molecular formula is C27H32F3N7O6. The molecule has 2 bridgehead atoms. The maximum Gasteiger partial charge on any atom is 0.405 e. The van der Waals surface area contributed by atoms with Crippen molar-refractivity contribution in [3.63, 3.8) is 0 Å². The number of aromatic nitrogens is 6. The van der Waals surface area contributed by atoms with Gasteiger partial charge in [-0.05, 0) is 50.7 Å². The van der Waals surface area contributed by atoms with E-state index in [0.717, 1.165) is 56.4 Å². The summed E-state index contributed by atoms with van der Waals surface area (Å²) in [4.78, 5) is 11.3. The van der Waals surface area contributed by atoms with Crippen molar-refractivity contribution in [2.75, 3.05) is 13.7 Å². The number of nitrogens with zero attached hydrogens (tertiary/aromatic N) is 6. The van der Waals surface area contributed by atoms with Crippen LogP contribution >= 0.6 is 0 Å². The van der Waals surface area contributed by atoms with E-state index < -0.39 is 66.1 Å². The third kappa shape index (κ3) is 5.15. The second kappa shape index (κ2) is 11.2. The highest BCUT2D eigenvalue weighted by atomic mass is 19.2. The number of carboxylic acid groups (broad SMARTS) is 1. The molecule has 7 rings (SSSR count). The molecule has 1 saturated heterocycles. The molecule has 232 valence electrons. The number of hydrogen-bond acceptors (Lipinski definition) is 9. The molecule has 5 atom stereocenters. The number of benzene rings is 1. The molecular weight excluding hydrogens is 575 g/mol. The van der Waals surface area contributed by atoms with Gasteiger partial charge in [0.25, 0.3) is 0 Å². The maximum atomic E-state index is 14.4. The van der Waals surface area contributed by atoms with E-state index in [2.05, 4.69) is 25.9 Å². The highest BCUT2D eigenvalue weighted by molar-refractivity contribution is 5.65. The molecule has 43 heavy (non-hydrogen) atoms. The molecule has 1 amide bonds. The van der Waals surface area contributed by atoms with Gasteiger partial charge in [-0.1, -0.05) is 10.4 Å². The van der Waals surface area contributed by atoms with Gasteiger partial charge in [0.1, 0.15) is 36.2 Å². The zero-order valence-electron chi connectivity index (χ0n) is 23.2. The smallest absolute Gasteiger partial charge is 0.405 e. The number of rotatable bonds is 8. The summed E-state index contributed by atoms with van der Waals surface area (Å²) >= 11 is 0. The zero-order valence-corrected chi connectivity index (χ0v) is 23.2. The Labute approximate surface area is 243 Å². The summed E-state index contributed by atoms with van der Waals surface area (Å²) in [5.41, 5.74) is -0.187. The number of hydrogen-bond donors (Lipinski definition) is 4. The molecule has 1 aromatic carbocycles. The minimum atomic E-state index is -1.64. The lowest BCUT2D eigenvalue weighted by Gasteiger charge is -2.52. The fourth-order valence-corrected chi connectivity index (χ4v) is 6.98. The maximum absolute atomic E-state index is 14.4. The molecule has 4 N–H and O–H groups in total. The van der Waals surface area contributed by atoms with Crippen molar-refractivity contribution >= 4 is 6.09 Å². The lowest BCUT2D eigenvalue weighted by molar-refractivity contribution is -0.216. The van der Waals surface area contributed by atoms with Crippen molar-refractivity contribution in [1.29, 1.82) is 0 Å². The topological polar surface area (TPSA) is 170 Å². The Morgan fingerprint density at radius 3 is 2.44 bits per heavy atom. The summed E-state index contributed by atoms with van der Waals surface area (Å²) in [5.74, 6) is -4.40. The van der Waals surface area contributed by atoms with Gasteiger partial charge in [-0.3, -0.25) is 0 Å². The number of halogens is 3. The fourth-order valence-electron chi connectivity index (χ4n) is 6.98. The number of aliphatic hydroxyl groups excluding tert-OH is 2. The van der Waals surface area contributed by atoms with E-state index in [1.165, 1.54) is 18.0 Å². The molecule has 0 unspecified atom stereocenters. The highest BCUT2D eigenvalue weighted by Crippen LogP contribution is 2.53. The van der Waals surface area contributed by atoms with E-state index in [1.807, 2.05) is 6.20 Å². The molecule has 0 radical (unpaired) electrons. The van der Waals surface area contributed by atoms with Crippen molar-refractivity contribution in [2.45, 2.75) is 86.5 Å². The summed E-state index contributed by atoms with van der Waals surface area (Å²) in [6.07, 6.45) is 2.65. The number of aliphatic hydroxyl groups is 2. The van der Waals surface area contributed by atoms with E-state index >= 15 is 0 Å². The number of fused-ring (bicyclic) bond motifs is 3. The number of nitrogens with one attached hydrogen (secondary N) is 1. The van der Waals surface area contributed by atoms with Crippen LogP contribution < -0.4 is 5.32 Å². The number of amides is 1. The van der Waals surface area contributed by atoms with Crippen LogP contribution in [0.15, 0.2) is 24.5 Å². The third-order valence-corrected chi connectivity index (χ3v) is 9.43. The molecule has 3 aromatic rings. The summed E-state index contributed by atoms with van der Waals surface area (Å²) in [5, 5.41) is 49.7. The van der Waals surface area contributed by atoms with Gasteiger partial charge >= 0.3 is 6.09 Å². The van der Waals surface area contributed by atoms with Crippen LogP contribution in [0.2, 0.25) is 0 Å². The summed E-state index contributed by atoms with van der Waals surface area (Å²) in [7, 11) is 1.42. The normalized spacial score (nSPS) is 32.2. The Balaban J connectivity index is 1.22. The quantitative estimate of drug-likeness (QED) is 0.278. The molecule has 3 heterocycles. The van der Waals surface area contributed by atoms with Gasteiger partial charge < -0.3 is 30.1 Å². The van der Waals surface area contributed by atoms with Gasteiger partial charge in [0.2, 0.25) is 0 Å². The first-order chi connectivity index (χ1) is 20.6. The monoisotopic (exact) mass is 607 g/mol. The van der Waals surface area contributed by atoms with Crippen LogP contribution in [0.25, 0.3) is 11.3 Å². The van der Waals surface area contributed by atoms with Crippen LogP contribution in [0.5, 0.6) is 0 Å². The predicted octanol–water partition coefficient (Wildman–Crippen LogP) is 1.94. The van der Waals surface area contributed by atoms with Crippen molar-refractivity contribution in [1.82, 2.24) is 35.3 Å². The molecule has 3 saturated carbocycles. The first kappa shape index (κ1) is 29.5. The first-order valence-corrected chi connectivity index (χ1v) is 14.0. The SMILES string of the molecule is CO[C@@H]1[C@@H](n2cc(-c3ccc(F)c(F)c3F)nn2)[C@@H](O)[C@@H](CO)O[C@@H]1Cn1cc(C23CCC(NC(=O)O)(CC2)CC3)nn1. The second-order valence-corrected chi connectivity index (χ2v) is 11.7. The van der Waals surface area contributed by atoms with Crippen molar-refractivity contribution in [2.24, 2.45) is 0 Å². The van der Waals surface area contributed by atoms with Gasteiger partial charge in [-0.25, -0.2) is 27.3 Å². The minimum absolute atomic E-state index is 0.0928. The van der Waals surface area contributed by atoms with Crippen molar-refractivity contribution < 1.29 is 42.8 Å². The van der Waals surface area contributed by atoms with Crippen LogP contribution in [0, 0.1) is 17.5 Å². The summed E-state index contributed by atoms with van der Waals surface area (Å²) in [6, 6.07) is 0.865. The molecule has 4 fully saturated rings. The van der Waals surface area contributed by atoms with E-state index in [0.29, 0.717) is 0 Å². The molecule has 2 aromatic heterocycles. The molecule has 3 aliphatic carbocycles. The van der Waals surface area contributed by atoms with E-state index in [1.54, 1.807) is 4.68 Å². The van der Waals surface area contributed by atoms with E-state index in [9.17, 15) is 33.3 Å². The Bertz CT molecular complexity index is 1480. The van der Waals surface area contributed by atoms with Crippen LogP contribution in [-0.4, -0.2) is 95.1 Å². The summed E-state index contributed by atoms with van der Waals surface area (Å²) in [6.45, 7) is -0.382.